The molecule has 1 aliphatic heterocycles. The third-order valence-electron chi connectivity index (χ3n) is 5.63. The highest BCUT2D eigenvalue weighted by molar-refractivity contribution is 5.75. The summed E-state index contributed by atoms with van der Waals surface area (Å²) in [7, 11) is 0. The number of esters is 1. The number of fused-ring (bicyclic) bond motifs is 3. The van der Waals surface area contributed by atoms with Crippen molar-refractivity contribution in [1.29, 1.82) is 0 Å². The minimum atomic E-state index is -0.576. The van der Waals surface area contributed by atoms with Gasteiger partial charge in [0.1, 0.15) is 6.10 Å². The van der Waals surface area contributed by atoms with Crippen LogP contribution in [0.5, 0.6) is 0 Å². The van der Waals surface area contributed by atoms with E-state index < -0.39 is 17.6 Å². The molecule has 2 N–H and O–H groups in total. The van der Waals surface area contributed by atoms with Crippen LogP contribution in [0, 0.1) is 23.2 Å². The molecule has 0 radical (unpaired) electrons. The molecule has 4 heteroatoms. The number of aliphatic hydroxyl groups is 2. The molecule has 0 bridgehead atoms. The molecule has 19 heavy (non-hydrogen) atoms. The zero-order chi connectivity index (χ0) is 13.9. The summed E-state index contributed by atoms with van der Waals surface area (Å²) in [5.41, 5.74) is 0.778. The molecule has 0 aromatic rings. The molecule has 0 aromatic heterocycles. The molecule has 0 aromatic carbocycles. The zero-order valence-electron chi connectivity index (χ0n) is 11.7. The molecule has 3 rings (SSSR count). The van der Waals surface area contributed by atoms with Crippen molar-refractivity contribution in [2.75, 3.05) is 0 Å². The van der Waals surface area contributed by atoms with Crippen LogP contribution in [0.25, 0.3) is 0 Å². The van der Waals surface area contributed by atoms with Crippen LogP contribution >= 0.6 is 0 Å². The average molecular weight is 266 g/mol. The van der Waals surface area contributed by atoms with Crippen molar-refractivity contribution in [3.05, 3.63) is 11.6 Å². The van der Waals surface area contributed by atoms with Crippen LogP contribution in [0.3, 0.4) is 0 Å². The van der Waals surface area contributed by atoms with E-state index in [0.717, 1.165) is 0 Å². The van der Waals surface area contributed by atoms with Gasteiger partial charge in [-0.05, 0) is 19.8 Å². The van der Waals surface area contributed by atoms with Crippen molar-refractivity contribution in [3.8, 4) is 0 Å². The Morgan fingerprint density at radius 1 is 1.42 bits per heavy atom. The first kappa shape index (κ1) is 13.1. The minimum absolute atomic E-state index is 0.0264. The van der Waals surface area contributed by atoms with Gasteiger partial charge in [0, 0.05) is 17.3 Å². The first-order valence-electron chi connectivity index (χ1n) is 7.09. The monoisotopic (exact) mass is 266 g/mol. The van der Waals surface area contributed by atoms with Crippen LogP contribution in [0.2, 0.25) is 0 Å². The molecular weight excluding hydrogens is 244 g/mol. The molecule has 2 aliphatic carbocycles. The van der Waals surface area contributed by atoms with Crippen molar-refractivity contribution in [1.82, 2.24) is 0 Å². The third-order valence-corrected chi connectivity index (χ3v) is 5.63. The Hall–Kier alpha value is -0.870. The van der Waals surface area contributed by atoms with Crippen LogP contribution in [0.1, 0.15) is 33.6 Å². The predicted molar refractivity (Wildman–Crippen MR) is 69.1 cm³/mol. The van der Waals surface area contributed by atoms with Crippen molar-refractivity contribution in [2.45, 2.75) is 51.9 Å². The van der Waals surface area contributed by atoms with E-state index in [9.17, 15) is 15.0 Å². The summed E-state index contributed by atoms with van der Waals surface area (Å²) in [4.78, 5) is 11.8. The van der Waals surface area contributed by atoms with Gasteiger partial charge < -0.3 is 14.9 Å². The van der Waals surface area contributed by atoms with E-state index in [1.54, 1.807) is 0 Å². The molecule has 0 amide bonds. The molecule has 0 spiro atoms. The van der Waals surface area contributed by atoms with E-state index in [1.807, 2.05) is 26.8 Å². The number of aliphatic hydroxyl groups excluding tert-OH is 2. The lowest BCUT2D eigenvalue weighted by Crippen LogP contribution is -2.57. The third kappa shape index (κ3) is 1.62. The number of ether oxygens (including phenoxy) is 1. The molecule has 7 atom stereocenters. The van der Waals surface area contributed by atoms with Gasteiger partial charge in [-0.3, -0.25) is 4.79 Å². The van der Waals surface area contributed by atoms with Gasteiger partial charge in [0.2, 0.25) is 0 Å². The van der Waals surface area contributed by atoms with Crippen molar-refractivity contribution in [2.24, 2.45) is 23.2 Å². The molecule has 4 nitrogen and oxygen atoms in total. The molecular formula is C15H22O4. The molecule has 106 valence electrons. The maximum Gasteiger partial charge on any atom is 0.309 e. The highest BCUT2D eigenvalue weighted by Crippen LogP contribution is 2.56. The summed E-state index contributed by atoms with van der Waals surface area (Å²) in [6.45, 7) is 5.88. The number of carbonyl (C=O) groups excluding carboxylic acids is 1. The summed E-state index contributed by atoms with van der Waals surface area (Å²) in [5.74, 6) is -0.583. The van der Waals surface area contributed by atoms with Crippen molar-refractivity contribution >= 4 is 5.97 Å². The second-order valence-corrected chi connectivity index (χ2v) is 6.72. The summed E-state index contributed by atoms with van der Waals surface area (Å²) in [6.07, 6.45) is 1.85. The Morgan fingerprint density at radius 3 is 2.79 bits per heavy atom. The average Bonchev–Trinajstić information content (AvgIpc) is 2.61. The summed E-state index contributed by atoms with van der Waals surface area (Å²) in [5, 5.41) is 20.8. The summed E-state index contributed by atoms with van der Waals surface area (Å²) >= 11 is 0. The van der Waals surface area contributed by atoms with Crippen LogP contribution < -0.4 is 0 Å². The quantitative estimate of drug-likeness (QED) is 0.512. The van der Waals surface area contributed by atoms with E-state index >= 15 is 0 Å². The second kappa shape index (κ2) is 4.06. The first-order chi connectivity index (χ1) is 8.86. The van der Waals surface area contributed by atoms with Crippen LogP contribution in [-0.2, 0) is 9.53 Å². The Balaban J connectivity index is 2.05. The molecule has 1 saturated heterocycles. The van der Waals surface area contributed by atoms with E-state index in [1.165, 1.54) is 5.57 Å². The predicted octanol–water partition coefficient (Wildman–Crippen LogP) is 1.26. The van der Waals surface area contributed by atoms with Gasteiger partial charge in [-0.25, -0.2) is 0 Å². The fourth-order valence-corrected chi connectivity index (χ4v) is 4.51. The maximum atomic E-state index is 11.8. The molecule has 0 unspecified atom stereocenters. The number of hydrogen-bond donors (Lipinski definition) is 2. The zero-order valence-corrected chi connectivity index (χ0v) is 11.7. The van der Waals surface area contributed by atoms with Gasteiger partial charge in [0.25, 0.3) is 0 Å². The normalized spacial score (nSPS) is 53.1. The topological polar surface area (TPSA) is 66.8 Å². The summed E-state index contributed by atoms with van der Waals surface area (Å²) in [6, 6.07) is 0. The highest BCUT2D eigenvalue weighted by Gasteiger charge is 2.61. The highest BCUT2D eigenvalue weighted by atomic mass is 16.6. The van der Waals surface area contributed by atoms with Gasteiger partial charge >= 0.3 is 5.97 Å². The Bertz CT molecular complexity index is 443. The van der Waals surface area contributed by atoms with Gasteiger partial charge in [-0.1, -0.05) is 25.5 Å². The largest absolute Gasteiger partial charge is 0.461 e. The molecule has 1 heterocycles. The van der Waals surface area contributed by atoms with E-state index in [2.05, 4.69) is 0 Å². The molecule has 2 fully saturated rings. The van der Waals surface area contributed by atoms with Gasteiger partial charge in [0.15, 0.2) is 0 Å². The fraction of sp³-hybridized carbons (Fsp3) is 0.800. The smallest absolute Gasteiger partial charge is 0.309 e. The number of rotatable bonds is 0. The minimum Gasteiger partial charge on any atom is -0.461 e. The molecule has 1 saturated carbocycles. The lowest BCUT2D eigenvalue weighted by Gasteiger charge is -2.53. The summed E-state index contributed by atoms with van der Waals surface area (Å²) < 4.78 is 5.55. The second-order valence-electron chi connectivity index (χ2n) is 6.72. The fourth-order valence-electron chi connectivity index (χ4n) is 4.51. The standard InChI is InChI=1S/C15H22O4/c1-7-4-5-10(17)15(3)6-9(16)11-8(2)14(18)19-13(11)12(7)15/h4,8-13,16-17H,5-6H2,1-3H3/t8-,9+,10+,11+,12+,13-,15-/m0/s1. The molecule has 3 aliphatic rings. The van der Waals surface area contributed by atoms with Crippen LogP contribution in [0.15, 0.2) is 11.6 Å². The maximum absolute atomic E-state index is 11.8. The number of carbonyl (C=O) groups is 1. The van der Waals surface area contributed by atoms with Crippen molar-refractivity contribution in [3.63, 3.8) is 0 Å². The van der Waals surface area contributed by atoms with Crippen LogP contribution in [-0.4, -0.2) is 34.5 Å². The first-order valence-corrected chi connectivity index (χ1v) is 7.09. The number of hydrogen-bond acceptors (Lipinski definition) is 4. The van der Waals surface area contributed by atoms with Gasteiger partial charge in [-0.2, -0.15) is 0 Å². The lowest BCUT2D eigenvalue weighted by molar-refractivity contribution is -0.157. The Labute approximate surface area is 113 Å². The van der Waals surface area contributed by atoms with Crippen LogP contribution in [0.4, 0.5) is 0 Å². The van der Waals surface area contributed by atoms with E-state index in [-0.39, 0.29) is 29.8 Å². The Kier molecular flexibility index (Phi) is 2.81. The Morgan fingerprint density at radius 2 is 2.11 bits per heavy atom. The van der Waals surface area contributed by atoms with Gasteiger partial charge in [0.05, 0.1) is 18.1 Å². The van der Waals surface area contributed by atoms with E-state index in [0.29, 0.717) is 12.8 Å². The van der Waals surface area contributed by atoms with Gasteiger partial charge in [-0.15, -0.1) is 0 Å². The van der Waals surface area contributed by atoms with E-state index in [4.69, 9.17) is 4.74 Å². The van der Waals surface area contributed by atoms with Crippen molar-refractivity contribution < 1.29 is 19.7 Å². The lowest BCUT2D eigenvalue weighted by atomic mass is 9.54. The SMILES string of the molecule is CC1=CC[C@@H](O)[C@]2(C)C[C@@H](O)[C@@H]3[C@H](OC(=O)[C@H]3C)[C@@H]12.